The zero-order valence-electron chi connectivity index (χ0n) is 13.7. The molecule has 4 aliphatic rings. The van der Waals surface area contributed by atoms with Crippen LogP contribution >= 0.6 is 0 Å². The molecule has 2 bridgehead atoms. The first-order valence-electron chi connectivity index (χ1n) is 8.76. The number of aromatic hydroxyl groups is 1. The lowest BCUT2D eigenvalue weighted by Crippen LogP contribution is -2.38. The largest absolute Gasteiger partial charge is 0.507 e. The lowest BCUT2D eigenvalue weighted by atomic mass is 9.61. The van der Waals surface area contributed by atoms with Crippen LogP contribution in [-0.4, -0.2) is 17.7 Å². The number of aryl methyl sites for hydroxylation is 1. The SMILES string of the molecule is Cc1cc(O)c2c(c1)CC=C2C(=O)OCC12CCC(CC1)CC2. The van der Waals surface area contributed by atoms with Gasteiger partial charge in [-0.05, 0) is 75.0 Å². The molecule has 5 rings (SSSR count). The first-order valence-corrected chi connectivity index (χ1v) is 8.76. The molecule has 0 atom stereocenters. The number of rotatable bonds is 3. The Kier molecular flexibility index (Phi) is 3.47. The Bertz CT molecular complexity index is 665. The number of fused-ring (bicyclic) bond motifs is 4. The third kappa shape index (κ3) is 2.56. The summed E-state index contributed by atoms with van der Waals surface area (Å²) in [6, 6.07) is 3.75. The maximum absolute atomic E-state index is 12.6. The Morgan fingerprint density at radius 3 is 2.65 bits per heavy atom. The van der Waals surface area contributed by atoms with Gasteiger partial charge in [0.25, 0.3) is 0 Å². The van der Waals surface area contributed by atoms with E-state index in [9.17, 15) is 9.90 Å². The average Bonchev–Trinajstić information content (AvgIpc) is 2.98. The van der Waals surface area contributed by atoms with Gasteiger partial charge in [-0.2, -0.15) is 0 Å². The number of benzene rings is 1. The van der Waals surface area contributed by atoms with E-state index in [-0.39, 0.29) is 17.1 Å². The minimum Gasteiger partial charge on any atom is -0.507 e. The van der Waals surface area contributed by atoms with Crippen LogP contribution in [0.2, 0.25) is 0 Å². The van der Waals surface area contributed by atoms with Crippen molar-refractivity contribution in [3.05, 3.63) is 34.9 Å². The maximum atomic E-state index is 12.6. The number of hydrogen-bond acceptors (Lipinski definition) is 3. The van der Waals surface area contributed by atoms with Gasteiger partial charge in [-0.25, -0.2) is 4.79 Å². The van der Waals surface area contributed by atoms with E-state index < -0.39 is 0 Å². The minimum atomic E-state index is -0.273. The summed E-state index contributed by atoms with van der Waals surface area (Å²) in [5.41, 5.74) is 3.47. The number of carbonyl (C=O) groups is 1. The molecule has 0 radical (unpaired) electrons. The van der Waals surface area contributed by atoms with Gasteiger partial charge in [0.1, 0.15) is 5.75 Å². The molecule has 3 heteroatoms. The van der Waals surface area contributed by atoms with E-state index in [0.717, 1.165) is 17.0 Å². The topological polar surface area (TPSA) is 46.5 Å². The second-order valence-electron chi connectivity index (χ2n) is 7.70. The second-order valence-corrected chi connectivity index (χ2v) is 7.70. The van der Waals surface area contributed by atoms with E-state index >= 15 is 0 Å². The molecule has 3 nitrogen and oxygen atoms in total. The van der Waals surface area contributed by atoms with Crippen molar-refractivity contribution in [3.63, 3.8) is 0 Å². The first kappa shape index (κ1) is 14.8. The summed E-state index contributed by atoms with van der Waals surface area (Å²) in [7, 11) is 0. The van der Waals surface area contributed by atoms with Crippen LogP contribution in [0.15, 0.2) is 18.2 Å². The quantitative estimate of drug-likeness (QED) is 0.853. The van der Waals surface area contributed by atoms with Crippen LogP contribution in [-0.2, 0) is 16.0 Å². The van der Waals surface area contributed by atoms with E-state index in [2.05, 4.69) is 0 Å². The van der Waals surface area contributed by atoms with Crippen molar-refractivity contribution in [3.8, 4) is 5.75 Å². The molecule has 4 aliphatic carbocycles. The van der Waals surface area contributed by atoms with Crippen LogP contribution in [0.1, 0.15) is 55.2 Å². The molecule has 0 saturated heterocycles. The van der Waals surface area contributed by atoms with Crippen molar-refractivity contribution >= 4 is 11.5 Å². The number of phenols is 1. The molecule has 3 saturated carbocycles. The van der Waals surface area contributed by atoms with Gasteiger partial charge in [0.05, 0.1) is 12.2 Å². The molecule has 0 unspecified atom stereocenters. The highest BCUT2D eigenvalue weighted by Crippen LogP contribution is 2.50. The van der Waals surface area contributed by atoms with Gasteiger partial charge in [-0.15, -0.1) is 0 Å². The predicted molar refractivity (Wildman–Crippen MR) is 89.1 cm³/mol. The lowest BCUT2D eigenvalue weighted by Gasteiger charge is -2.46. The van der Waals surface area contributed by atoms with E-state index in [4.69, 9.17) is 4.74 Å². The third-order valence-electron chi connectivity index (χ3n) is 6.12. The fraction of sp³-hybridized carbons (Fsp3) is 0.550. The maximum Gasteiger partial charge on any atom is 0.338 e. The summed E-state index contributed by atoms with van der Waals surface area (Å²) < 4.78 is 5.71. The summed E-state index contributed by atoms with van der Waals surface area (Å²) in [5.74, 6) is 0.833. The molecule has 0 heterocycles. The Hall–Kier alpha value is -1.77. The number of phenolic OH excluding ortho intramolecular Hbond substituents is 1. The number of carbonyl (C=O) groups excluding carboxylic acids is 1. The fourth-order valence-corrected chi connectivity index (χ4v) is 4.66. The Morgan fingerprint density at radius 2 is 1.96 bits per heavy atom. The van der Waals surface area contributed by atoms with Gasteiger partial charge in [-0.3, -0.25) is 0 Å². The van der Waals surface area contributed by atoms with Gasteiger partial charge in [-0.1, -0.05) is 12.1 Å². The van der Waals surface area contributed by atoms with Gasteiger partial charge in [0.15, 0.2) is 0 Å². The molecule has 0 aromatic heterocycles. The number of esters is 1. The molecule has 1 N–H and O–H groups in total. The lowest BCUT2D eigenvalue weighted by molar-refractivity contribution is -0.142. The standard InChI is InChI=1S/C20H24O3/c1-13-10-15-2-3-16(18(15)17(21)11-13)19(22)23-12-20-7-4-14(5-8-20)6-9-20/h3,10-11,14,21H,2,4-9,12H2,1H3. The first-order chi connectivity index (χ1) is 11.1. The predicted octanol–water partition coefficient (Wildman–Crippen LogP) is 4.15. The fourth-order valence-electron chi connectivity index (χ4n) is 4.66. The van der Waals surface area contributed by atoms with Crippen LogP contribution in [0.3, 0.4) is 0 Å². The van der Waals surface area contributed by atoms with Crippen molar-refractivity contribution < 1.29 is 14.6 Å². The van der Waals surface area contributed by atoms with Gasteiger partial charge in [0, 0.05) is 11.0 Å². The zero-order chi connectivity index (χ0) is 16.0. The smallest absolute Gasteiger partial charge is 0.338 e. The molecule has 1 aromatic carbocycles. The average molecular weight is 312 g/mol. The highest BCUT2D eigenvalue weighted by molar-refractivity contribution is 6.19. The highest BCUT2D eigenvalue weighted by Gasteiger charge is 2.41. The van der Waals surface area contributed by atoms with Crippen molar-refractivity contribution in [2.24, 2.45) is 11.3 Å². The molecule has 0 amide bonds. The number of allylic oxidation sites excluding steroid dienone is 1. The van der Waals surface area contributed by atoms with Crippen LogP contribution < -0.4 is 0 Å². The molecule has 0 spiro atoms. The summed E-state index contributed by atoms with van der Waals surface area (Å²) >= 11 is 0. The monoisotopic (exact) mass is 312 g/mol. The summed E-state index contributed by atoms with van der Waals surface area (Å²) in [5, 5.41) is 10.2. The summed E-state index contributed by atoms with van der Waals surface area (Å²) in [6.45, 7) is 2.49. The summed E-state index contributed by atoms with van der Waals surface area (Å²) in [6.07, 6.45) is 10.1. The van der Waals surface area contributed by atoms with Crippen LogP contribution in [0.25, 0.3) is 5.57 Å². The molecular weight excluding hydrogens is 288 g/mol. The van der Waals surface area contributed by atoms with E-state index in [1.54, 1.807) is 6.07 Å². The van der Waals surface area contributed by atoms with Crippen molar-refractivity contribution in [1.82, 2.24) is 0 Å². The van der Waals surface area contributed by atoms with Gasteiger partial charge < -0.3 is 9.84 Å². The van der Waals surface area contributed by atoms with Crippen LogP contribution in [0, 0.1) is 18.3 Å². The minimum absolute atomic E-state index is 0.192. The molecule has 122 valence electrons. The Labute approximate surface area is 137 Å². The van der Waals surface area contributed by atoms with Crippen molar-refractivity contribution in [1.29, 1.82) is 0 Å². The highest BCUT2D eigenvalue weighted by atomic mass is 16.5. The number of hydrogen-bond donors (Lipinski definition) is 1. The van der Waals surface area contributed by atoms with Crippen LogP contribution in [0.5, 0.6) is 5.75 Å². The Morgan fingerprint density at radius 1 is 1.26 bits per heavy atom. The molecule has 23 heavy (non-hydrogen) atoms. The van der Waals surface area contributed by atoms with E-state index in [0.29, 0.717) is 24.2 Å². The third-order valence-corrected chi connectivity index (χ3v) is 6.12. The number of ether oxygens (including phenoxy) is 1. The molecule has 0 aliphatic heterocycles. The molecule has 3 fully saturated rings. The van der Waals surface area contributed by atoms with Crippen LogP contribution in [0.4, 0.5) is 0 Å². The van der Waals surface area contributed by atoms with Gasteiger partial charge in [0.2, 0.25) is 0 Å². The second kappa shape index (κ2) is 5.40. The molecule has 1 aromatic rings. The van der Waals surface area contributed by atoms with E-state index in [1.807, 2.05) is 19.1 Å². The normalized spacial score (nSPS) is 28.4. The molecular formula is C20H24O3. The van der Waals surface area contributed by atoms with Crippen molar-refractivity contribution in [2.75, 3.05) is 6.61 Å². The van der Waals surface area contributed by atoms with Gasteiger partial charge >= 0.3 is 5.97 Å². The van der Waals surface area contributed by atoms with Crippen molar-refractivity contribution in [2.45, 2.75) is 51.9 Å². The summed E-state index contributed by atoms with van der Waals surface area (Å²) in [4.78, 5) is 12.6. The Balaban J connectivity index is 1.47. The zero-order valence-corrected chi connectivity index (χ0v) is 13.7. The van der Waals surface area contributed by atoms with E-state index in [1.165, 1.54) is 38.5 Å².